The average Bonchev–Trinajstić information content (AvgIpc) is 2.82. The molecule has 0 fully saturated rings. The van der Waals surface area contributed by atoms with Crippen molar-refractivity contribution in [1.82, 2.24) is 0 Å². The minimum Gasteiger partial charge on any atom is -0.382 e. The Hall–Kier alpha value is -1.88. The van der Waals surface area contributed by atoms with Gasteiger partial charge in [0.05, 0.1) is 4.92 Å². The van der Waals surface area contributed by atoms with Gasteiger partial charge >= 0.3 is 0 Å². The zero-order valence-electron chi connectivity index (χ0n) is 10.00. The molecule has 0 aliphatic heterocycles. The molecular formula is C13H14N2O2S. The van der Waals surface area contributed by atoms with E-state index in [-0.39, 0.29) is 16.7 Å². The SMILES string of the molecule is CC(Cc1cccs1)Nc1cccc([N+](=O)[O-])c1. The molecule has 1 atom stereocenters. The highest BCUT2D eigenvalue weighted by Crippen LogP contribution is 2.19. The van der Waals surface area contributed by atoms with E-state index in [1.54, 1.807) is 23.5 Å². The van der Waals surface area contributed by atoms with Gasteiger partial charge in [-0.05, 0) is 24.4 Å². The van der Waals surface area contributed by atoms with Gasteiger partial charge in [-0.25, -0.2) is 0 Å². The highest BCUT2D eigenvalue weighted by Gasteiger charge is 2.08. The van der Waals surface area contributed by atoms with Crippen LogP contribution in [0.3, 0.4) is 0 Å². The number of hydrogen-bond donors (Lipinski definition) is 1. The third kappa shape index (κ3) is 3.30. The molecular weight excluding hydrogens is 248 g/mol. The van der Waals surface area contributed by atoms with E-state index in [4.69, 9.17) is 0 Å². The fourth-order valence-electron chi connectivity index (χ4n) is 1.78. The third-order valence-corrected chi connectivity index (χ3v) is 3.46. The summed E-state index contributed by atoms with van der Waals surface area (Å²) in [6.45, 7) is 2.07. The first-order valence-corrected chi connectivity index (χ1v) is 6.56. The number of benzene rings is 1. The average molecular weight is 262 g/mol. The number of nitro groups is 1. The van der Waals surface area contributed by atoms with Gasteiger partial charge in [0.1, 0.15) is 0 Å². The minimum atomic E-state index is -0.380. The van der Waals surface area contributed by atoms with Gasteiger partial charge in [0, 0.05) is 35.2 Å². The zero-order chi connectivity index (χ0) is 13.0. The van der Waals surface area contributed by atoms with Gasteiger partial charge in [0.2, 0.25) is 0 Å². The van der Waals surface area contributed by atoms with Crippen LogP contribution < -0.4 is 5.32 Å². The molecule has 94 valence electrons. The molecule has 0 aliphatic carbocycles. The van der Waals surface area contributed by atoms with Crippen molar-refractivity contribution >= 4 is 22.7 Å². The van der Waals surface area contributed by atoms with Crippen molar-refractivity contribution in [2.24, 2.45) is 0 Å². The summed E-state index contributed by atoms with van der Waals surface area (Å²) in [5.74, 6) is 0. The van der Waals surface area contributed by atoms with Gasteiger partial charge in [-0.15, -0.1) is 11.3 Å². The van der Waals surface area contributed by atoms with Gasteiger partial charge in [-0.2, -0.15) is 0 Å². The van der Waals surface area contributed by atoms with E-state index >= 15 is 0 Å². The van der Waals surface area contributed by atoms with Crippen LogP contribution in [-0.4, -0.2) is 11.0 Å². The van der Waals surface area contributed by atoms with Gasteiger partial charge in [-0.3, -0.25) is 10.1 Å². The summed E-state index contributed by atoms with van der Waals surface area (Å²) in [5, 5.41) is 16.0. The Kier molecular flexibility index (Phi) is 3.94. The van der Waals surface area contributed by atoms with Crippen LogP contribution >= 0.6 is 11.3 Å². The number of anilines is 1. The van der Waals surface area contributed by atoms with E-state index in [9.17, 15) is 10.1 Å². The van der Waals surface area contributed by atoms with Gasteiger partial charge in [0.15, 0.2) is 0 Å². The molecule has 1 aromatic carbocycles. The van der Waals surface area contributed by atoms with Crippen LogP contribution in [0, 0.1) is 10.1 Å². The van der Waals surface area contributed by atoms with E-state index in [2.05, 4.69) is 23.7 Å². The molecule has 2 aromatic rings. The Labute approximate surface area is 109 Å². The van der Waals surface area contributed by atoms with Crippen molar-refractivity contribution in [2.45, 2.75) is 19.4 Å². The minimum absolute atomic E-state index is 0.114. The number of rotatable bonds is 5. The molecule has 0 amide bonds. The van der Waals surface area contributed by atoms with E-state index < -0.39 is 0 Å². The molecule has 0 spiro atoms. The first-order chi connectivity index (χ1) is 8.65. The predicted molar refractivity (Wildman–Crippen MR) is 74.2 cm³/mol. The van der Waals surface area contributed by atoms with Crippen LogP contribution in [-0.2, 0) is 6.42 Å². The maximum atomic E-state index is 10.7. The maximum absolute atomic E-state index is 10.7. The summed E-state index contributed by atoms with van der Waals surface area (Å²) in [7, 11) is 0. The summed E-state index contributed by atoms with van der Waals surface area (Å²) in [4.78, 5) is 11.6. The number of hydrogen-bond acceptors (Lipinski definition) is 4. The lowest BCUT2D eigenvalue weighted by Gasteiger charge is -2.14. The highest BCUT2D eigenvalue weighted by atomic mass is 32.1. The lowest BCUT2D eigenvalue weighted by molar-refractivity contribution is -0.384. The second kappa shape index (κ2) is 5.64. The summed E-state index contributed by atoms with van der Waals surface area (Å²) < 4.78 is 0. The first-order valence-electron chi connectivity index (χ1n) is 5.68. The van der Waals surface area contributed by atoms with Crippen LogP contribution in [0.4, 0.5) is 11.4 Å². The van der Waals surface area contributed by atoms with Gasteiger partial charge < -0.3 is 5.32 Å². The van der Waals surface area contributed by atoms with E-state index in [1.807, 2.05) is 12.1 Å². The Balaban J connectivity index is 2.00. The molecule has 18 heavy (non-hydrogen) atoms. The van der Waals surface area contributed by atoms with Crippen molar-refractivity contribution in [2.75, 3.05) is 5.32 Å². The molecule has 0 bridgehead atoms. The monoisotopic (exact) mass is 262 g/mol. The number of nitrogens with zero attached hydrogens (tertiary/aromatic N) is 1. The summed E-state index contributed by atoms with van der Waals surface area (Å²) in [5.41, 5.74) is 0.900. The highest BCUT2D eigenvalue weighted by molar-refractivity contribution is 7.09. The molecule has 0 aliphatic rings. The van der Waals surface area contributed by atoms with Crippen LogP contribution in [0.1, 0.15) is 11.8 Å². The molecule has 1 unspecified atom stereocenters. The predicted octanol–water partition coefficient (Wildman–Crippen LogP) is 3.70. The molecule has 2 rings (SSSR count). The van der Waals surface area contributed by atoms with E-state index in [0.29, 0.717) is 0 Å². The third-order valence-electron chi connectivity index (χ3n) is 2.56. The lowest BCUT2D eigenvalue weighted by atomic mass is 10.2. The molecule has 1 heterocycles. The van der Waals surface area contributed by atoms with Crippen LogP contribution in [0.25, 0.3) is 0 Å². The number of nitro benzene ring substituents is 1. The molecule has 0 radical (unpaired) electrons. The van der Waals surface area contributed by atoms with Crippen molar-refractivity contribution in [1.29, 1.82) is 0 Å². The second-order valence-corrected chi connectivity index (χ2v) is 5.17. The molecule has 0 saturated carbocycles. The van der Waals surface area contributed by atoms with Crippen molar-refractivity contribution in [3.05, 3.63) is 56.8 Å². The van der Waals surface area contributed by atoms with Crippen LogP contribution in [0.15, 0.2) is 41.8 Å². The molecule has 4 nitrogen and oxygen atoms in total. The van der Waals surface area contributed by atoms with Crippen molar-refractivity contribution in [3.8, 4) is 0 Å². The Morgan fingerprint density at radius 3 is 2.89 bits per heavy atom. The number of non-ortho nitro benzene ring substituents is 1. The Morgan fingerprint density at radius 2 is 2.22 bits per heavy atom. The number of thiophene rings is 1. The summed E-state index contributed by atoms with van der Waals surface area (Å²) >= 11 is 1.72. The Bertz CT molecular complexity index is 526. The maximum Gasteiger partial charge on any atom is 0.271 e. The van der Waals surface area contributed by atoms with E-state index in [0.717, 1.165) is 12.1 Å². The van der Waals surface area contributed by atoms with Crippen LogP contribution in [0.2, 0.25) is 0 Å². The topological polar surface area (TPSA) is 55.2 Å². The standard InChI is InChI=1S/C13H14N2O2S/c1-10(8-13-6-3-7-18-13)14-11-4-2-5-12(9-11)15(16)17/h2-7,9-10,14H,8H2,1H3. The first kappa shape index (κ1) is 12.6. The van der Waals surface area contributed by atoms with Crippen molar-refractivity contribution < 1.29 is 4.92 Å². The Morgan fingerprint density at radius 1 is 1.39 bits per heavy atom. The summed E-state index contributed by atoms with van der Waals surface area (Å²) in [6, 6.07) is 11.0. The molecule has 1 aromatic heterocycles. The molecule has 0 saturated heterocycles. The largest absolute Gasteiger partial charge is 0.382 e. The normalized spacial score (nSPS) is 12.1. The number of nitrogens with one attached hydrogen (secondary N) is 1. The lowest BCUT2D eigenvalue weighted by Crippen LogP contribution is -2.17. The van der Waals surface area contributed by atoms with E-state index in [1.165, 1.54) is 10.9 Å². The van der Waals surface area contributed by atoms with Gasteiger partial charge in [-0.1, -0.05) is 12.1 Å². The summed E-state index contributed by atoms with van der Waals surface area (Å²) in [6.07, 6.45) is 0.917. The second-order valence-electron chi connectivity index (χ2n) is 4.14. The molecule has 5 heteroatoms. The van der Waals surface area contributed by atoms with Crippen molar-refractivity contribution in [3.63, 3.8) is 0 Å². The molecule has 1 N–H and O–H groups in total. The fourth-order valence-corrected chi connectivity index (χ4v) is 2.61. The quantitative estimate of drug-likeness (QED) is 0.660. The zero-order valence-corrected chi connectivity index (χ0v) is 10.8. The fraction of sp³-hybridized carbons (Fsp3) is 0.231. The van der Waals surface area contributed by atoms with Crippen LogP contribution in [0.5, 0.6) is 0 Å². The smallest absolute Gasteiger partial charge is 0.271 e. The van der Waals surface area contributed by atoms with Gasteiger partial charge in [0.25, 0.3) is 5.69 Å².